The molecule has 0 bridgehead atoms. The number of methoxy groups -OCH3 is 1. The molecule has 170 valence electrons. The average molecular weight is 544 g/mol. The molecule has 1 atom stereocenters. The van der Waals surface area contributed by atoms with Crippen molar-refractivity contribution in [2.45, 2.75) is 19.8 Å². The van der Waals surface area contributed by atoms with Crippen LogP contribution in [-0.4, -0.2) is 45.8 Å². The summed E-state index contributed by atoms with van der Waals surface area (Å²) in [5.41, 5.74) is 1.96. The Balaban J connectivity index is 0.00000341. The van der Waals surface area contributed by atoms with E-state index >= 15 is 0 Å². The number of ether oxygens (including phenoxy) is 1. The van der Waals surface area contributed by atoms with Gasteiger partial charge in [0, 0.05) is 44.5 Å². The zero-order valence-electron chi connectivity index (χ0n) is 18.0. The minimum absolute atomic E-state index is 0. The predicted octanol–water partition coefficient (Wildman–Crippen LogP) is 4.22. The lowest BCUT2D eigenvalue weighted by Crippen LogP contribution is -2.38. The molecule has 5 nitrogen and oxygen atoms in total. The highest BCUT2D eigenvalue weighted by molar-refractivity contribution is 14.0. The van der Waals surface area contributed by atoms with E-state index in [1.54, 1.807) is 13.2 Å². The monoisotopic (exact) mass is 544 g/mol. The van der Waals surface area contributed by atoms with Crippen LogP contribution < -0.4 is 20.3 Å². The van der Waals surface area contributed by atoms with Crippen LogP contribution in [0.1, 0.15) is 18.9 Å². The number of benzene rings is 2. The highest BCUT2D eigenvalue weighted by Gasteiger charge is 2.23. The summed E-state index contributed by atoms with van der Waals surface area (Å²) in [6.07, 6.45) is 1.87. The number of hydrogen-bond acceptors (Lipinski definition) is 3. The minimum Gasteiger partial charge on any atom is -0.497 e. The SMILES string of the molecule is CCNC(=NCC1CCN(c2ccc(F)c(F)c2)C1)NCCc1ccc(OC)cc1.I. The molecule has 31 heavy (non-hydrogen) atoms. The second-order valence-electron chi connectivity index (χ2n) is 7.44. The van der Waals surface area contributed by atoms with Gasteiger partial charge in [-0.2, -0.15) is 0 Å². The van der Waals surface area contributed by atoms with Crippen LogP contribution >= 0.6 is 24.0 Å². The number of hydrogen-bond donors (Lipinski definition) is 2. The number of rotatable bonds is 8. The van der Waals surface area contributed by atoms with E-state index in [4.69, 9.17) is 9.73 Å². The van der Waals surface area contributed by atoms with Gasteiger partial charge in [-0.3, -0.25) is 4.99 Å². The molecular weight excluding hydrogens is 513 g/mol. The van der Waals surface area contributed by atoms with Crippen LogP contribution in [0.4, 0.5) is 14.5 Å². The highest BCUT2D eigenvalue weighted by atomic mass is 127. The van der Waals surface area contributed by atoms with Crippen LogP contribution in [0.3, 0.4) is 0 Å². The highest BCUT2D eigenvalue weighted by Crippen LogP contribution is 2.25. The summed E-state index contributed by atoms with van der Waals surface area (Å²) in [4.78, 5) is 6.82. The lowest BCUT2D eigenvalue weighted by molar-refractivity contribution is 0.414. The number of nitrogens with one attached hydrogen (secondary N) is 2. The second kappa shape index (κ2) is 12.7. The molecule has 1 fully saturated rings. The lowest BCUT2D eigenvalue weighted by Gasteiger charge is -2.18. The topological polar surface area (TPSA) is 48.9 Å². The van der Waals surface area contributed by atoms with Crippen molar-refractivity contribution in [1.29, 1.82) is 0 Å². The van der Waals surface area contributed by atoms with Gasteiger partial charge in [-0.1, -0.05) is 12.1 Å². The van der Waals surface area contributed by atoms with Crippen LogP contribution in [0.2, 0.25) is 0 Å². The van der Waals surface area contributed by atoms with E-state index < -0.39 is 11.6 Å². The molecule has 1 aliphatic rings. The molecule has 1 heterocycles. The van der Waals surface area contributed by atoms with Crippen LogP contribution in [-0.2, 0) is 6.42 Å². The van der Waals surface area contributed by atoms with Crippen molar-refractivity contribution in [3.8, 4) is 5.75 Å². The second-order valence-corrected chi connectivity index (χ2v) is 7.44. The van der Waals surface area contributed by atoms with Crippen molar-refractivity contribution < 1.29 is 13.5 Å². The average Bonchev–Trinajstić information content (AvgIpc) is 3.23. The molecule has 0 radical (unpaired) electrons. The van der Waals surface area contributed by atoms with E-state index in [2.05, 4.69) is 27.7 Å². The molecule has 8 heteroatoms. The van der Waals surface area contributed by atoms with Crippen LogP contribution in [0, 0.1) is 17.6 Å². The first kappa shape index (κ1) is 25.2. The molecule has 2 aromatic carbocycles. The Bertz CT molecular complexity index is 848. The molecular formula is C23H31F2IN4O. The molecule has 1 aliphatic heterocycles. The molecule has 1 saturated heterocycles. The van der Waals surface area contributed by atoms with E-state index in [0.717, 1.165) is 56.4 Å². The standard InChI is InChI=1S/C23H30F2N4O.HI/c1-3-26-23(27-12-10-17-4-7-20(30-2)8-5-17)28-15-18-11-13-29(16-18)19-6-9-21(24)22(25)14-19;/h4-9,14,18H,3,10-13,15-16H2,1-2H3,(H2,26,27,28);1H. The first-order valence-corrected chi connectivity index (χ1v) is 10.4. The largest absolute Gasteiger partial charge is 0.497 e. The van der Waals surface area contributed by atoms with Gasteiger partial charge < -0.3 is 20.3 Å². The summed E-state index contributed by atoms with van der Waals surface area (Å²) < 4.78 is 31.8. The Hall–Kier alpha value is -2.10. The van der Waals surface area contributed by atoms with Crippen molar-refractivity contribution >= 4 is 35.6 Å². The maximum Gasteiger partial charge on any atom is 0.191 e. The smallest absolute Gasteiger partial charge is 0.191 e. The fourth-order valence-corrected chi connectivity index (χ4v) is 3.58. The van der Waals surface area contributed by atoms with E-state index in [-0.39, 0.29) is 24.0 Å². The normalized spacial score (nSPS) is 16.1. The zero-order valence-corrected chi connectivity index (χ0v) is 20.4. The summed E-state index contributed by atoms with van der Waals surface area (Å²) in [6, 6.07) is 12.2. The fraction of sp³-hybridized carbons (Fsp3) is 0.435. The fourth-order valence-electron chi connectivity index (χ4n) is 3.58. The van der Waals surface area contributed by atoms with Gasteiger partial charge in [0.2, 0.25) is 0 Å². The van der Waals surface area contributed by atoms with Gasteiger partial charge >= 0.3 is 0 Å². The molecule has 0 spiro atoms. The molecule has 2 aromatic rings. The van der Waals surface area contributed by atoms with E-state index in [9.17, 15) is 8.78 Å². The first-order valence-electron chi connectivity index (χ1n) is 10.4. The number of halogens is 3. The quantitative estimate of drug-likeness (QED) is 0.297. The first-order chi connectivity index (χ1) is 14.6. The van der Waals surface area contributed by atoms with Crippen molar-refractivity contribution in [2.75, 3.05) is 44.7 Å². The molecule has 0 amide bonds. The zero-order chi connectivity index (χ0) is 21.3. The van der Waals surface area contributed by atoms with E-state index in [1.807, 2.05) is 19.1 Å². The van der Waals surface area contributed by atoms with Gasteiger partial charge in [0.05, 0.1) is 7.11 Å². The Morgan fingerprint density at radius 2 is 1.90 bits per heavy atom. The van der Waals surface area contributed by atoms with Crippen molar-refractivity contribution in [2.24, 2.45) is 10.9 Å². The van der Waals surface area contributed by atoms with Crippen LogP contribution in [0.25, 0.3) is 0 Å². The van der Waals surface area contributed by atoms with Gasteiger partial charge in [-0.15, -0.1) is 24.0 Å². The third-order valence-corrected chi connectivity index (χ3v) is 5.27. The summed E-state index contributed by atoms with van der Waals surface area (Å²) in [5, 5.41) is 6.66. The Morgan fingerprint density at radius 1 is 1.13 bits per heavy atom. The van der Waals surface area contributed by atoms with Gasteiger partial charge in [0.15, 0.2) is 17.6 Å². The van der Waals surface area contributed by atoms with Crippen LogP contribution in [0.5, 0.6) is 5.75 Å². The Kier molecular flexibility index (Phi) is 10.3. The number of anilines is 1. The summed E-state index contributed by atoms with van der Waals surface area (Å²) >= 11 is 0. The summed E-state index contributed by atoms with van der Waals surface area (Å²) in [5.74, 6) is 0.433. The van der Waals surface area contributed by atoms with E-state index in [0.29, 0.717) is 12.5 Å². The molecule has 3 rings (SSSR count). The summed E-state index contributed by atoms with van der Waals surface area (Å²) in [7, 11) is 1.66. The Morgan fingerprint density at radius 3 is 2.58 bits per heavy atom. The maximum atomic E-state index is 13.5. The number of nitrogens with zero attached hydrogens (tertiary/aromatic N) is 2. The molecule has 2 N–H and O–H groups in total. The summed E-state index contributed by atoms with van der Waals surface area (Å²) in [6.45, 7) is 5.93. The van der Waals surface area contributed by atoms with Crippen molar-refractivity contribution in [1.82, 2.24) is 10.6 Å². The third kappa shape index (κ3) is 7.52. The molecule has 0 saturated carbocycles. The third-order valence-electron chi connectivity index (χ3n) is 5.27. The molecule has 0 aliphatic carbocycles. The number of aliphatic imine (C=N–C) groups is 1. The van der Waals surface area contributed by atoms with Gasteiger partial charge in [0.1, 0.15) is 5.75 Å². The van der Waals surface area contributed by atoms with Gasteiger partial charge in [-0.05, 0) is 55.5 Å². The van der Waals surface area contributed by atoms with E-state index in [1.165, 1.54) is 17.7 Å². The van der Waals surface area contributed by atoms with Gasteiger partial charge in [-0.25, -0.2) is 8.78 Å². The van der Waals surface area contributed by atoms with Crippen molar-refractivity contribution in [3.05, 3.63) is 59.7 Å². The Labute approximate surface area is 200 Å². The van der Waals surface area contributed by atoms with Crippen LogP contribution in [0.15, 0.2) is 47.5 Å². The van der Waals surface area contributed by atoms with Crippen molar-refractivity contribution in [3.63, 3.8) is 0 Å². The molecule has 1 unspecified atom stereocenters. The number of guanidine groups is 1. The maximum absolute atomic E-state index is 13.5. The lowest BCUT2D eigenvalue weighted by atomic mass is 10.1. The minimum atomic E-state index is -0.810. The molecule has 0 aromatic heterocycles. The predicted molar refractivity (Wildman–Crippen MR) is 133 cm³/mol. The van der Waals surface area contributed by atoms with Gasteiger partial charge in [0.25, 0.3) is 0 Å².